The minimum Gasteiger partial charge on any atom is -0.464 e. The van der Waals surface area contributed by atoms with E-state index < -0.39 is 0 Å². The Morgan fingerprint density at radius 3 is 2.94 bits per heavy atom. The van der Waals surface area contributed by atoms with Crippen LogP contribution in [0.3, 0.4) is 0 Å². The first-order valence-corrected chi connectivity index (χ1v) is 5.58. The molecule has 17 heavy (non-hydrogen) atoms. The summed E-state index contributed by atoms with van der Waals surface area (Å²) in [4.78, 5) is 22.6. The molecule has 1 aromatic heterocycles. The Kier molecular flexibility index (Phi) is 5.19. The van der Waals surface area contributed by atoms with Crippen LogP contribution in [0.25, 0.3) is 0 Å². The second-order valence-electron chi connectivity index (χ2n) is 3.55. The lowest BCUT2D eigenvalue weighted by Gasteiger charge is -2.03. The van der Waals surface area contributed by atoms with Gasteiger partial charge in [-0.1, -0.05) is 13.3 Å². The van der Waals surface area contributed by atoms with Crippen molar-refractivity contribution in [3.05, 3.63) is 18.0 Å². The van der Waals surface area contributed by atoms with Crippen LogP contribution in [0.15, 0.2) is 12.3 Å². The van der Waals surface area contributed by atoms with Crippen LogP contribution in [-0.2, 0) is 16.1 Å². The standard InChI is InChI=1S/C11H17N3O3/c1-3-4-7-17-10(15)8-14-6-5-9(13-14)11(16)12-2/h5-6H,3-4,7-8H2,1-2H3,(H,12,16). The van der Waals surface area contributed by atoms with Gasteiger partial charge in [-0.25, -0.2) is 0 Å². The molecule has 1 aromatic rings. The molecule has 0 atom stereocenters. The van der Waals surface area contributed by atoms with Crippen molar-refractivity contribution in [2.75, 3.05) is 13.7 Å². The summed E-state index contributed by atoms with van der Waals surface area (Å²) in [5.41, 5.74) is 0.286. The molecule has 0 bridgehead atoms. The summed E-state index contributed by atoms with van der Waals surface area (Å²) in [5, 5.41) is 6.41. The van der Waals surface area contributed by atoms with Gasteiger partial charge >= 0.3 is 5.97 Å². The fourth-order valence-electron chi connectivity index (χ4n) is 1.21. The predicted octanol–water partition coefficient (Wildman–Crippen LogP) is 0.586. The number of aromatic nitrogens is 2. The molecule has 0 saturated heterocycles. The van der Waals surface area contributed by atoms with Gasteiger partial charge in [0.1, 0.15) is 12.2 Å². The maximum Gasteiger partial charge on any atom is 0.327 e. The zero-order chi connectivity index (χ0) is 12.7. The number of carbonyl (C=O) groups is 2. The van der Waals surface area contributed by atoms with Gasteiger partial charge in [0, 0.05) is 13.2 Å². The highest BCUT2D eigenvalue weighted by molar-refractivity contribution is 5.91. The normalized spacial score (nSPS) is 10.0. The molecule has 0 aliphatic carbocycles. The second-order valence-corrected chi connectivity index (χ2v) is 3.55. The summed E-state index contributed by atoms with van der Waals surface area (Å²) >= 11 is 0. The molecule has 0 radical (unpaired) electrons. The van der Waals surface area contributed by atoms with E-state index in [1.165, 1.54) is 11.7 Å². The highest BCUT2D eigenvalue weighted by Gasteiger charge is 2.09. The monoisotopic (exact) mass is 239 g/mol. The van der Waals surface area contributed by atoms with E-state index in [1.807, 2.05) is 6.92 Å². The van der Waals surface area contributed by atoms with Crippen LogP contribution in [0.1, 0.15) is 30.3 Å². The molecule has 0 aromatic carbocycles. The largest absolute Gasteiger partial charge is 0.464 e. The Hall–Kier alpha value is -1.85. The topological polar surface area (TPSA) is 73.2 Å². The van der Waals surface area contributed by atoms with Gasteiger partial charge in [0.15, 0.2) is 0 Å². The number of unbranched alkanes of at least 4 members (excludes halogenated alkanes) is 1. The van der Waals surface area contributed by atoms with Crippen LogP contribution in [0, 0.1) is 0 Å². The average molecular weight is 239 g/mol. The number of ether oxygens (including phenoxy) is 1. The van der Waals surface area contributed by atoms with Gasteiger partial charge in [-0.15, -0.1) is 0 Å². The highest BCUT2D eigenvalue weighted by Crippen LogP contribution is 1.97. The zero-order valence-electron chi connectivity index (χ0n) is 10.1. The minimum atomic E-state index is -0.343. The van der Waals surface area contributed by atoms with Crippen LogP contribution in [0.5, 0.6) is 0 Å². The van der Waals surface area contributed by atoms with Crippen molar-refractivity contribution >= 4 is 11.9 Å². The molecule has 0 spiro atoms. The SMILES string of the molecule is CCCCOC(=O)Cn1ccc(C(=O)NC)n1. The van der Waals surface area contributed by atoms with Crippen LogP contribution >= 0.6 is 0 Å². The lowest BCUT2D eigenvalue weighted by Crippen LogP contribution is -2.20. The Bertz CT molecular complexity index is 387. The van der Waals surface area contributed by atoms with Gasteiger partial charge in [-0.3, -0.25) is 14.3 Å². The van der Waals surface area contributed by atoms with Gasteiger partial charge in [0.25, 0.3) is 5.91 Å². The lowest BCUT2D eigenvalue weighted by atomic mass is 10.4. The molecule has 1 amide bonds. The number of esters is 1. The number of carbonyl (C=O) groups excluding carboxylic acids is 2. The average Bonchev–Trinajstić information content (AvgIpc) is 2.77. The first-order chi connectivity index (χ1) is 8.17. The third kappa shape index (κ3) is 4.26. The summed E-state index contributed by atoms with van der Waals surface area (Å²) in [6.45, 7) is 2.48. The number of nitrogens with zero attached hydrogens (tertiary/aromatic N) is 2. The number of hydrogen-bond acceptors (Lipinski definition) is 4. The first-order valence-electron chi connectivity index (χ1n) is 5.58. The summed E-state index contributed by atoms with van der Waals surface area (Å²) in [6, 6.07) is 1.55. The maximum atomic E-state index is 11.4. The third-order valence-electron chi connectivity index (χ3n) is 2.15. The van der Waals surface area contributed by atoms with E-state index in [9.17, 15) is 9.59 Å². The lowest BCUT2D eigenvalue weighted by molar-refractivity contribution is -0.144. The molecular weight excluding hydrogens is 222 g/mol. The predicted molar refractivity (Wildman–Crippen MR) is 61.5 cm³/mol. The smallest absolute Gasteiger partial charge is 0.327 e. The van der Waals surface area contributed by atoms with Crippen molar-refractivity contribution in [2.24, 2.45) is 0 Å². The fourth-order valence-corrected chi connectivity index (χ4v) is 1.21. The summed E-state index contributed by atoms with van der Waals surface area (Å²) < 4.78 is 6.37. The van der Waals surface area contributed by atoms with Crippen molar-refractivity contribution in [3.63, 3.8) is 0 Å². The number of nitrogens with one attached hydrogen (secondary N) is 1. The molecule has 0 unspecified atom stereocenters. The molecule has 1 N–H and O–H groups in total. The minimum absolute atomic E-state index is 0.0285. The number of rotatable bonds is 6. The molecule has 0 saturated carbocycles. The fraction of sp³-hybridized carbons (Fsp3) is 0.545. The Labute approximate surface area is 99.9 Å². The quantitative estimate of drug-likeness (QED) is 0.582. The van der Waals surface area contributed by atoms with E-state index in [4.69, 9.17) is 4.74 Å². The Balaban J connectivity index is 2.43. The van der Waals surface area contributed by atoms with E-state index in [0.29, 0.717) is 6.61 Å². The van der Waals surface area contributed by atoms with Crippen molar-refractivity contribution in [1.82, 2.24) is 15.1 Å². The number of hydrogen-bond donors (Lipinski definition) is 1. The summed E-state index contributed by atoms with van der Waals surface area (Å²) in [6.07, 6.45) is 3.41. The molecule has 0 aliphatic rings. The maximum absolute atomic E-state index is 11.4. The van der Waals surface area contributed by atoms with Gasteiger partial charge in [-0.2, -0.15) is 5.10 Å². The zero-order valence-corrected chi connectivity index (χ0v) is 10.1. The Morgan fingerprint density at radius 2 is 2.29 bits per heavy atom. The second kappa shape index (κ2) is 6.67. The van der Waals surface area contributed by atoms with Crippen molar-refractivity contribution in [1.29, 1.82) is 0 Å². The number of amides is 1. The molecule has 1 rings (SSSR count). The third-order valence-corrected chi connectivity index (χ3v) is 2.15. The summed E-state index contributed by atoms with van der Waals surface area (Å²) in [7, 11) is 1.53. The van der Waals surface area contributed by atoms with Crippen molar-refractivity contribution < 1.29 is 14.3 Å². The molecule has 0 fully saturated rings. The Morgan fingerprint density at radius 1 is 1.53 bits per heavy atom. The van der Waals surface area contributed by atoms with E-state index >= 15 is 0 Å². The van der Waals surface area contributed by atoms with Crippen LogP contribution in [-0.4, -0.2) is 35.3 Å². The molecular formula is C11H17N3O3. The van der Waals surface area contributed by atoms with Crippen LogP contribution < -0.4 is 5.32 Å². The molecule has 1 heterocycles. The van der Waals surface area contributed by atoms with E-state index in [-0.39, 0.29) is 24.1 Å². The van der Waals surface area contributed by atoms with Gasteiger partial charge in [-0.05, 0) is 12.5 Å². The van der Waals surface area contributed by atoms with Gasteiger partial charge in [0.2, 0.25) is 0 Å². The van der Waals surface area contributed by atoms with Crippen LogP contribution in [0.2, 0.25) is 0 Å². The summed E-state index contributed by atoms with van der Waals surface area (Å²) in [5.74, 6) is -0.617. The van der Waals surface area contributed by atoms with E-state index in [0.717, 1.165) is 12.8 Å². The first kappa shape index (κ1) is 13.2. The van der Waals surface area contributed by atoms with E-state index in [1.54, 1.807) is 12.3 Å². The van der Waals surface area contributed by atoms with Crippen LogP contribution in [0.4, 0.5) is 0 Å². The molecule has 6 nitrogen and oxygen atoms in total. The van der Waals surface area contributed by atoms with E-state index in [2.05, 4.69) is 10.4 Å². The molecule has 94 valence electrons. The molecule has 0 aliphatic heterocycles. The highest BCUT2D eigenvalue weighted by atomic mass is 16.5. The van der Waals surface area contributed by atoms with Gasteiger partial charge < -0.3 is 10.1 Å². The molecule has 6 heteroatoms. The van der Waals surface area contributed by atoms with Crippen molar-refractivity contribution in [3.8, 4) is 0 Å². The van der Waals surface area contributed by atoms with Crippen molar-refractivity contribution in [2.45, 2.75) is 26.3 Å². The van der Waals surface area contributed by atoms with Gasteiger partial charge in [0.05, 0.1) is 6.61 Å².